The highest BCUT2D eigenvalue weighted by atomic mass is 35.5. The number of carbonyl (C=O) groups is 1. The number of nitrogens with one attached hydrogen (secondary N) is 1. The van der Waals surface area contributed by atoms with Crippen LogP contribution in [0.3, 0.4) is 0 Å². The molecule has 134 valence electrons. The van der Waals surface area contributed by atoms with E-state index in [9.17, 15) is 4.79 Å². The summed E-state index contributed by atoms with van der Waals surface area (Å²) in [5, 5.41) is 3.39. The van der Waals surface area contributed by atoms with Gasteiger partial charge in [-0.15, -0.1) is 12.4 Å². The van der Waals surface area contributed by atoms with Gasteiger partial charge in [-0.25, -0.2) is 0 Å². The number of aryl methyl sites for hydroxylation is 1. The first kappa shape index (κ1) is 19.0. The zero-order chi connectivity index (χ0) is 16.2. The molecule has 6 heteroatoms. The van der Waals surface area contributed by atoms with E-state index in [-0.39, 0.29) is 18.3 Å². The molecule has 3 rings (SSSR count). The van der Waals surface area contributed by atoms with Gasteiger partial charge in [-0.2, -0.15) is 0 Å². The fraction of sp³-hybridized carbons (Fsp3) is 0.611. The van der Waals surface area contributed by atoms with Gasteiger partial charge >= 0.3 is 0 Å². The van der Waals surface area contributed by atoms with E-state index >= 15 is 0 Å². The van der Waals surface area contributed by atoms with Gasteiger partial charge in [0, 0.05) is 50.9 Å². The summed E-state index contributed by atoms with van der Waals surface area (Å²) in [5.74, 6) is 0.944. The second-order valence-corrected chi connectivity index (χ2v) is 6.39. The highest BCUT2D eigenvalue weighted by Crippen LogP contribution is 2.23. The van der Waals surface area contributed by atoms with Crippen molar-refractivity contribution < 1.29 is 9.53 Å². The molecule has 0 bridgehead atoms. The lowest BCUT2D eigenvalue weighted by Crippen LogP contribution is -2.49. The summed E-state index contributed by atoms with van der Waals surface area (Å²) in [4.78, 5) is 17.3. The Balaban J connectivity index is 0.00000208. The van der Waals surface area contributed by atoms with Crippen LogP contribution in [0.15, 0.2) is 18.2 Å². The van der Waals surface area contributed by atoms with Crippen LogP contribution in [0.2, 0.25) is 0 Å². The molecule has 0 aromatic heterocycles. The predicted octanol–water partition coefficient (Wildman–Crippen LogP) is 1.94. The van der Waals surface area contributed by atoms with Crippen molar-refractivity contribution in [2.24, 2.45) is 0 Å². The van der Waals surface area contributed by atoms with E-state index < -0.39 is 0 Å². The van der Waals surface area contributed by atoms with E-state index in [4.69, 9.17) is 4.74 Å². The molecule has 1 aromatic rings. The number of hydrogen-bond acceptors (Lipinski definition) is 4. The number of carbonyl (C=O) groups excluding carboxylic acids is 1. The number of amides is 1. The normalized spacial score (nSPS) is 21.4. The molecule has 24 heavy (non-hydrogen) atoms. The molecular formula is C18H28ClN3O2. The van der Waals surface area contributed by atoms with E-state index in [1.54, 1.807) is 0 Å². The molecule has 1 unspecified atom stereocenters. The van der Waals surface area contributed by atoms with Crippen molar-refractivity contribution in [2.45, 2.75) is 26.3 Å². The zero-order valence-corrected chi connectivity index (χ0v) is 15.4. The van der Waals surface area contributed by atoms with Crippen molar-refractivity contribution in [1.29, 1.82) is 0 Å². The van der Waals surface area contributed by atoms with Gasteiger partial charge in [0.1, 0.15) is 5.75 Å². The van der Waals surface area contributed by atoms with Gasteiger partial charge in [-0.1, -0.05) is 6.07 Å². The van der Waals surface area contributed by atoms with Crippen LogP contribution in [0.25, 0.3) is 0 Å². The highest BCUT2D eigenvalue weighted by Gasteiger charge is 2.31. The molecular weight excluding hydrogens is 326 g/mol. The van der Waals surface area contributed by atoms with Gasteiger partial charge in [0.15, 0.2) is 0 Å². The first-order chi connectivity index (χ1) is 11.2. The maximum atomic E-state index is 12.8. The van der Waals surface area contributed by atoms with E-state index in [0.717, 1.165) is 62.6 Å². The Labute approximate surface area is 150 Å². The average molecular weight is 354 g/mol. The van der Waals surface area contributed by atoms with Crippen molar-refractivity contribution in [3.05, 3.63) is 29.3 Å². The van der Waals surface area contributed by atoms with Gasteiger partial charge in [-0.05, 0) is 38.0 Å². The lowest BCUT2D eigenvalue weighted by molar-refractivity contribution is 0.0773. The van der Waals surface area contributed by atoms with Gasteiger partial charge in [0.25, 0.3) is 5.91 Å². The molecule has 0 spiro atoms. The van der Waals surface area contributed by atoms with E-state index in [2.05, 4.69) is 10.2 Å². The summed E-state index contributed by atoms with van der Waals surface area (Å²) in [6.45, 7) is 10.6. The first-order valence-corrected chi connectivity index (χ1v) is 8.66. The Morgan fingerprint density at radius 2 is 2.04 bits per heavy atom. The average Bonchev–Trinajstić information content (AvgIpc) is 3.07. The summed E-state index contributed by atoms with van der Waals surface area (Å²) in [6, 6.07) is 6.29. The fourth-order valence-corrected chi connectivity index (χ4v) is 3.50. The van der Waals surface area contributed by atoms with Crippen molar-refractivity contribution in [3.8, 4) is 5.75 Å². The Morgan fingerprint density at radius 1 is 1.29 bits per heavy atom. The second-order valence-electron chi connectivity index (χ2n) is 6.39. The van der Waals surface area contributed by atoms with Crippen LogP contribution in [0, 0.1) is 6.92 Å². The minimum absolute atomic E-state index is 0. The maximum Gasteiger partial charge on any atom is 0.254 e. The third kappa shape index (κ3) is 4.21. The molecule has 2 aliphatic rings. The minimum Gasteiger partial charge on any atom is -0.494 e. The number of rotatable bonds is 4. The van der Waals surface area contributed by atoms with Crippen molar-refractivity contribution in [1.82, 2.24) is 15.1 Å². The summed E-state index contributed by atoms with van der Waals surface area (Å²) in [5.41, 5.74) is 1.81. The molecule has 0 saturated carbocycles. The summed E-state index contributed by atoms with van der Waals surface area (Å²) >= 11 is 0. The molecule has 1 amide bonds. The van der Waals surface area contributed by atoms with Crippen LogP contribution in [0.5, 0.6) is 5.75 Å². The van der Waals surface area contributed by atoms with Crippen LogP contribution in [-0.2, 0) is 0 Å². The molecule has 1 N–H and O–H groups in total. The van der Waals surface area contributed by atoms with Crippen LogP contribution in [-0.4, -0.2) is 67.6 Å². The molecule has 5 nitrogen and oxygen atoms in total. The Kier molecular flexibility index (Phi) is 6.90. The van der Waals surface area contributed by atoms with Gasteiger partial charge in [0.05, 0.1) is 6.61 Å². The van der Waals surface area contributed by atoms with Crippen molar-refractivity contribution in [2.75, 3.05) is 45.9 Å². The first-order valence-electron chi connectivity index (χ1n) is 8.66. The third-order valence-electron chi connectivity index (χ3n) is 4.85. The number of piperazine rings is 1. The summed E-state index contributed by atoms with van der Waals surface area (Å²) in [7, 11) is 0. The zero-order valence-electron chi connectivity index (χ0n) is 14.6. The van der Waals surface area contributed by atoms with Crippen LogP contribution < -0.4 is 10.1 Å². The monoisotopic (exact) mass is 353 g/mol. The maximum absolute atomic E-state index is 12.8. The standard InChI is InChI=1S/C18H27N3O2.ClH/c1-3-23-17-12-15(5-4-14(17)2)18(22)21-9-6-16(13-21)20-10-7-19-8-11-20;/h4-5,12,16,19H,3,6-11,13H2,1-2H3;1H. The lowest BCUT2D eigenvalue weighted by Gasteiger charge is -2.32. The molecule has 0 radical (unpaired) electrons. The number of ether oxygens (including phenoxy) is 1. The Morgan fingerprint density at radius 3 is 2.75 bits per heavy atom. The van der Waals surface area contributed by atoms with Gasteiger partial charge in [-0.3, -0.25) is 9.69 Å². The van der Waals surface area contributed by atoms with E-state index in [1.807, 2.05) is 36.9 Å². The van der Waals surface area contributed by atoms with Crippen molar-refractivity contribution in [3.63, 3.8) is 0 Å². The van der Waals surface area contributed by atoms with Crippen LogP contribution in [0.1, 0.15) is 29.3 Å². The Bertz CT molecular complexity index is 561. The third-order valence-corrected chi connectivity index (χ3v) is 4.85. The molecule has 2 saturated heterocycles. The van der Waals surface area contributed by atoms with Gasteiger partial charge < -0.3 is 15.0 Å². The summed E-state index contributed by atoms with van der Waals surface area (Å²) < 4.78 is 5.62. The largest absolute Gasteiger partial charge is 0.494 e. The topological polar surface area (TPSA) is 44.8 Å². The smallest absolute Gasteiger partial charge is 0.254 e. The number of halogens is 1. The molecule has 0 aliphatic carbocycles. The predicted molar refractivity (Wildman–Crippen MR) is 98.3 cm³/mol. The quantitative estimate of drug-likeness (QED) is 0.898. The molecule has 1 aromatic carbocycles. The molecule has 2 fully saturated rings. The molecule has 1 atom stereocenters. The molecule has 2 heterocycles. The minimum atomic E-state index is 0. The highest BCUT2D eigenvalue weighted by molar-refractivity contribution is 5.95. The van der Waals surface area contributed by atoms with Crippen molar-refractivity contribution >= 4 is 18.3 Å². The number of benzene rings is 1. The SMILES string of the molecule is CCOc1cc(C(=O)N2CCC(N3CCNCC3)C2)ccc1C.Cl. The fourth-order valence-electron chi connectivity index (χ4n) is 3.50. The van der Waals surface area contributed by atoms with E-state index in [1.165, 1.54) is 0 Å². The lowest BCUT2D eigenvalue weighted by atomic mass is 10.1. The Hall–Kier alpha value is -1.30. The summed E-state index contributed by atoms with van der Waals surface area (Å²) in [6.07, 6.45) is 1.08. The van der Waals surface area contributed by atoms with Crippen LogP contribution >= 0.6 is 12.4 Å². The van der Waals surface area contributed by atoms with Gasteiger partial charge in [0.2, 0.25) is 0 Å². The molecule has 2 aliphatic heterocycles. The van der Waals surface area contributed by atoms with E-state index in [0.29, 0.717) is 12.6 Å². The number of likely N-dealkylation sites (tertiary alicyclic amines) is 1. The van der Waals surface area contributed by atoms with Crippen LogP contribution in [0.4, 0.5) is 0 Å². The number of hydrogen-bond donors (Lipinski definition) is 1. The second kappa shape index (κ2) is 8.70. The number of nitrogens with zero attached hydrogens (tertiary/aromatic N) is 2.